The van der Waals surface area contributed by atoms with E-state index < -0.39 is 10.0 Å². The van der Waals surface area contributed by atoms with Crippen LogP contribution in [-0.4, -0.2) is 44.7 Å². The normalized spacial score (nSPS) is 24.8. The van der Waals surface area contributed by atoms with Gasteiger partial charge in [0.15, 0.2) is 0 Å². The van der Waals surface area contributed by atoms with E-state index >= 15 is 0 Å². The Morgan fingerprint density at radius 1 is 1.16 bits per heavy atom. The van der Waals surface area contributed by atoms with Gasteiger partial charge in [0.1, 0.15) is 0 Å². The van der Waals surface area contributed by atoms with Gasteiger partial charge in [-0.25, -0.2) is 12.7 Å². The zero-order valence-corrected chi connectivity index (χ0v) is 13.5. The summed E-state index contributed by atoms with van der Waals surface area (Å²) >= 11 is 0. The summed E-state index contributed by atoms with van der Waals surface area (Å²) in [6.07, 6.45) is 8.75. The fourth-order valence-corrected chi connectivity index (χ4v) is 3.82. The molecular weight excluding hydrogens is 260 g/mol. The third kappa shape index (κ3) is 6.23. The molecule has 0 aromatic carbocycles. The number of nitrogens with zero attached hydrogens (tertiary/aromatic N) is 1. The molecule has 0 unspecified atom stereocenters. The third-order valence-electron chi connectivity index (χ3n) is 4.26. The van der Waals surface area contributed by atoms with Crippen molar-refractivity contribution in [2.75, 3.05) is 25.9 Å². The van der Waals surface area contributed by atoms with Gasteiger partial charge in [-0.05, 0) is 44.6 Å². The van der Waals surface area contributed by atoms with E-state index in [2.05, 4.69) is 12.2 Å². The number of hydrogen-bond donors (Lipinski definition) is 1. The molecule has 1 N–H and O–H groups in total. The zero-order valence-electron chi connectivity index (χ0n) is 12.7. The molecule has 0 aromatic rings. The smallest absolute Gasteiger partial charge is 0.211 e. The highest BCUT2D eigenvalue weighted by Crippen LogP contribution is 2.26. The molecule has 0 saturated heterocycles. The van der Waals surface area contributed by atoms with E-state index in [0.717, 1.165) is 18.9 Å². The SMILES string of the molecule is CCC1CCC(NCCCN(CC)S(C)(=O)=O)CC1. The molecule has 1 saturated carbocycles. The maximum absolute atomic E-state index is 11.4. The summed E-state index contributed by atoms with van der Waals surface area (Å²) in [4.78, 5) is 0. The first kappa shape index (κ1) is 16.9. The average Bonchev–Trinajstić information content (AvgIpc) is 2.38. The summed E-state index contributed by atoms with van der Waals surface area (Å²) in [7, 11) is -3.03. The number of hydrogen-bond acceptors (Lipinski definition) is 3. The average molecular weight is 290 g/mol. The van der Waals surface area contributed by atoms with Crippen molar-refractivity contribution in [3.05, 3.63) is 0 Å². The van der Waals surface area contributed by atoms with E-state index in [1.807, 2.05) is 6.92 Å². The Bertz CT molecular complexity index is 335. The summed E-state index contributed by atoms with van der Waals surface area (Å²) in [5.41, 5.74) is 0. The molecule has 0 amide bonds. The topological polar surface area (TPSA) is 49.4 Å². The van der Waals surface area contributed by atoms with Gasteiger partial charge in [-0.15, -0.1) is 0 Å². The minimum absolute atomic E-state index is 0.570. The van der Waals surface area contributed by atoms with Crippen molar-refractivity contribution in [1.82, 2.24) is 9.62 Å². The van der Waals surface area contributed by atoms with Gasteiger partial charge in [0.25, 0.3) is 0 Å². The molecule has 0 spiro atoms. The molecule has 1 rings (SSSR count). The highest BCUT2D eigenvalue weighted by Gasteiger charge is 2.19. The Morgan fingerprint density at radius 3 is 2.26 bits per heavy atom. The number of nitrogens with one attached hydrogen (secondary N) is 1. The number of rotatable bonds is 8. The van der Waals surface area contributed by atoms with Gasteiger partial charge in [0.2, 0.25) is 10.0 Å². The van der Waals surface area contributed by atoms with Crippen LogP contribution in [0.5, 0.6) is 0 Å². The third-order valence-corrected chi connectivity index (χ3v) is 5.64. The van der Waals surface area contributed by atoms with Crippen molar-refractivity contribution in [3.63, 3.8) is 0 Å². The van der Waals surface area contributed by atoms with Crippen LogP contribution in [0.15, 0.2) is 0 Å². The molecule has 0 heterocycles. The minimum atomic E-state index is -3.03. The molecule has 1 aliphatic rings. The van der Waals surface area contributed by atoms with E-state index in [1.165, 1.54) is 38.4 Å². The van der Waals surface area contributed by atoms with Gasteiger partial charge in [-0.3, -0.25) is 0 Å². The molecule has 0 aromatic heterocycles. The molecule has 0 aliphatic heterocycles. The minimum Gasteiger partial charge on any atom is -0.314 e. The lowest BCUT2D eigenvalue weighted by Gasteiger charge is -2.28. The van der Waals surface area contributed by atoms with E-state index in [9.17, 15) is 8.42 Å². The predicted molar refractivity (Wildman–Crippen MR) is 80.7 cm³/mol. The fraction of sp³-hybridized carbons (Fsp3) is 1.00. The van der Waals surface area contributed by atoms with Crippen molar-refractivity contribution < 1.29 is 8.42 Å². The standard InChI is InChI=1S/C14H30N2O2S/c1-4-13-7-9-14(10-8-13)15-11-6-12-16(5-2)19(3,17)18/h13-15H,4-12H2,1-3H3. The first-order valence-corrected chi connectivity index (χ1v) is 9.50. The van der Waals surface area contributed by atoms with Crippen LogP contribution in [0, 0.1) is 5.92 Å². The van der Waals surface area contributed by atoms with Crippen molar-refractivity contribution in [2.45, 2.75) is 58.4 Å². The van der Waals surface area contributed by atoms with E-state index in [4.69, 9.17) is 0 Å². The van der Waals surface area contributed by atoms with Crippen molar-refractivity contribution >= 4 is 10.0 Å². The molecular formula is C14H30N2O2S. The zero-order chi connectivity index (χ0) is 14.3. The van der Waals surface area contributed by atoms with Gasteiger partial charge in [0, 0.05) is 19.1 Å². The van der Waals surface area contributed by atoms with Crippen LogP contribution in [0.25, 0.3) is 0 Å². The predicted octanol–water partition coefficient (Wildman–Crippen LogP) is 2.22. The quantitative estimate of drug-likeness (QED) is 0.697. The first-order chi connectivity index (χ1) is 8.97. The molecule has 0 radical (unpaired) electrons. The summed E-state index contributed by atoms with van der Waals surface area (Å²) in [6.45, 7) is 6.30. The molecule has 4 nitrogen and oxygen atoms in total. The lowest BCUT2D eigenvalue weighted by Crippen LogP contribution is -2.36. The molecule has 0 atom stereocenters. The first-order valence-electron chi connectivity index (χ1n) is 7.65. The Balaban J connectivity index is 2.14. The van der Waals surface area contributed by atoms with E-state index in [0.29, 0.717) is 19.1 Å². The van der Waals surface area contributed by atoms with Crippen LogP contribution in [0.3, 0.4) is 0 Å². The van der Waals surface area contributed by atoms with Crippen molar-refractivity contribution in [1.29, 1.82) is 0 Å². The van der Waals surface area contributed by atoms with Crippen LogP contribution < -0.4 is 5.32 Å². The van der Waals surface area contributed by atoms with Gasteiger partial charge >= 0.3 is 0 Å². The summed E-state index contributed by atoms with van der Waals surface area (Å²) in [5.74, 6) is 0.930. The molecule has 114 valence electrons. The van der Waals surface area contributed by atoms with Crippen LogP contribution >= 0.6 is 0 Å². The fourth-order valence-electron chi connectivity index (χ4n) is 2.89. The van der Waals surface area contributed by atoms with Crippen molar-refractivity contribution in [3.8, 4) is 0 Å². The molecule has 5 heteroatoms. The Kier molecular flexibility index (Phi) is 7.32. The summed E-state index contributed by atoms with van der Waals surface area (Å²) < 4.78 is 24.4. The maximum atomic E-state index is 11.4. The Hall–Kier alpha value is -0.130. The second kappa shape index (κ2) is 8.22. The second-order valence-electron chi connectivity index (χ2n) is 5.69. The van der Waals surface area contributed by atoms with Gasteiger partial charge < -0.3 is 5.32 Å². The lowest BCUT2D eigenvalue weighted by molar-refractivity contribution is 0.283. The highest BCUT2D eigenvalue weighted by atomic mass is 32.2. The van der Waals surface area contributed by atoms with E-state index in [-0.39, 0.29) is 0 Å². The molecule has 1 aliphatic carbocycles. The monoisotopic (exact) mass is 290 g/mol. The molecule has 19 heavy (non-hydrogen) atoms. The molecule has 1 fully saturated rings. The second-order valence-corrected chi connectivity index (χ2v) is 7.67. The van der Waals surface area contributed by atoms with Crippen LogP contribution in [0.1, 0.15) is 52.4 Å². The maximum Gasteiger partial charge on any atom is 0.211 e. The van der Waals surface area contributed by atoms with Gasteiger partial charge in [0.05, 0.1) is 6.26 Å². The summed E-state index contributed by atoms with van der Waals surface area (Å²) in [6, 6.07) is 0.649. The van der Waals surface area contributed by atoms with Crippen molar-refractivity contribution in [2.24, 2.45) is 5.92 Å². The number of sulfonamides is 1. The highest BCUT2D eigenvalue weighted by molar-refractivity contribution is 7.88. The van der Waals surface area contributed by atoms with Gasteiger partial charge in [-0.2, -0.15) is 0 Å². The van der Waals surface area contributed by atoms with Gasteiger partial charge in [-0.1, -0.05) is 20.3 Å². The van der Waals surface area contributed by atoms with Crippen LogP contribution in [0.2, 0.25) is 0 Å². The molecule has 0 bridgehead atoms. The van der Waals surface area contributed by atoms with Crippen LogP contribution in [-0.2, 0) is 10.0 Å². The Labute approximate surface area is 119 Å². The summed E-state index contributed by atoms with van der Waals surface area (Å²) in [5, 5.41) is 3.58. The largest absolute Gasteiger partial charge is 0.314 e. The lowest BCUT2D eigenvalue weighted by atomic mass is 9.84. The Morgan fingerprint density at radius 2 is 1.79 bits per heavy atom. The van der Waals surface area contributed by atoms with E-state index in [1.54, 1.807) is 4.31 Å². The van der Waals surface area contributed by atoms with Crippen LogP contribution in [0.4, 0.5) is 0 Å².